The molecule has 0 radical (unpaired) electrons. The van der Waals surface area contributed by atoms with E-state index in [9.17, 15) is 22.8 Å². The minimum atomic E-state index is -4.65. The number of hydrogen-bond donors (Lipinski definition) is 2. The Labute approximate surface area is 142 Å². The van der Waals surface area contributed by atoms with E-state index in [2.05, 4.69) is 10.6 Å². The third-order valence-electron chi connectivity index (χ3n) is 4.55. The summed E-state index contributed by atoms with van der Waals surface area (Å²) in [7, 11) is 0. The van der Waals surface area contributed by atoms with Crippen LogP contribution in [0.1, 0.15) is 37.7 Å². The highest BCUT2D eigenvalue weighted by Gasteiger charge is 2.35. The van der Waals surface area contributed by atoms with Crippen molar-refractivity contribution in [2.75, 3.05) is 17.2 Å². The van der Waals surface area contributed by atoms with Crippen molar-refractivity contribution in [1.29, 1.82) is 0 Å². The van der Waals surface area contributed by atoms with Gasteiger partial charge in [0.05, 0.1) is 11.3 Å². The smallest absolute Gasteiger partial charge is 0.368 e. The van der Waals surface area contributed by atoms with Gasteiger partial charge in [-0.2, -0.15) is 13.2 Å². The van der Waals surface area contributed by atoms with Gasteiger partial charge in [0.2, 0.25) is 5.91 Å². The van der Waals surface area contributed by atoms with Crippen LogP contribution in [0.3, 0.4) is 0 Å². The number of halogens is 3. The lowest BCUT2D eigenvalue weighted by molar-refractivity contribution is -0.137. The number of amides is 2. The van der Waals surface area contributed by atoms with Crippen LogP contribution >= 0.6 is 0 Å². The zero-order chi connectivity index (χ0) is 18.0. The molecule has 8 heteroatoms. The summed E-state index contributed by atoms with van der Waals surface area (Å²) >= 11 is 0. The van der Waals surface area contributed by atoms with Gasteiger partial charge in [-0.25, -0.2) is 0 Å². The molecule has 1 atom stereocenters. The SMILES string of the molecule is O=C(Nc1ccc(NC(=O)C2CCCO2)cc1C(F)(F)F)C1CCC1. The Kier molecular flexibility index (Phi) is 4.99. The van der Waals surface area contributed by atoms with Crippen LogP contribution in [0.2, 0.25) is 0 Å². The zero-order valence-electron chi connectivity index (χ0n) is 13.5. The lowest BCUT2D eigenvalue weighted by Crippen LogP contribution is -2.29. The molecule has 2 aliphatic rings. The highest BCUT2D eigenvalue weighted by molar-refractivity contribution is 5.96. The highest BCUT2D eigenvalue weighted by atomic mass is 19.4. The molecule has 0 aromatic heterocycles. The first kappa shape index (κ1) is 17.7. The predicted molar refractivity (Wildman–Crippen MR) is 85.0 cm³/mol. The highest BCUT2D eigenvalue weighted by Crippen LogP contribution is 2.37. The number of carbonyl (C=O) groups excluding carboxylic acids is 2. The monoisotopic (exact) mass is 356 g/mol. The molecule has 1 aromatic rings. The van der Waals surface area contributed by atoms with E-state index in [0.717, 1.165) is 18.9 Å². The van der Waals surface area contributed by atoms with Crippen molar-refractivity contribution in [3.05, 3.63) is 23.8 Å². The first-order chi connectivity index (χ1) is 11.8. The summed E-state index contributed by atoms with van der Waals surface area (Å²) in [5, 5.41) is 4.80. The van der Waals surface area contributed by atoms with Gasteiger partial charge >= 0.3 is 6.18 Å². The molecule has 136 valence electrons. The Morgan fingerprint density at radius 1 is 1.04 bits per heavy atom. The predicted octanol–water partition coefficient (Wildman–Crippen LogP) is 3.56. The van der Waals surface area contributed by atoms with Gasteiger partial charge in [0.25, 0.3) is 5.91 Å². The molecule has 1 saturated carbocycles. The lowest BCUT2D eigenvalue weighted by atomic mass is 9.85. The quantitative estimate of drug-likeness (QED) is 0.867. The molecular weight excluding hydrogens is 337 g/mol. The number of rotatable bonds is 4. The number of benzene rings is 1. The van der Waals surface area contributed by atoms with E-state index in [1.165, 1.54) is 12.1 Å². The average molecular weight is 356 g/mol. The molecule has 1 aliphatic heterocycles. The fraction of sp³-hybridized carbons (Fsp3) is 0.529. The summed E-state index contributed by atoms with van der Waals surface area (Å²) in [5.74, 6) is -1.08. The summed E-state index contributed by atoms with van der Waals surface area (Å²) in [6.07, 6.45) is -1.67. The Morgan fingerprint density at radius 3 is 2.36 bits per heavy atom. The number of ether oxygens (including phenoxy) is 1. The van der Waals surface area contributed by atoms with Gasteiger partial charge in [-0.05, 0) is 43.9 Å². The summed E-state index contributed by atoms with van der Waals surface area (Å²) in [6.45, 7) is 0.470. The normalized spacial score (nSPS) is 20.8. The molecule has 0 bridgehead atoms. The Bertz CT molecular complexity index is 666. The fourth-order valence-corrected chi connectivity index (χ4v) is 2.88. The van der Waals surface area contributed by atoms with Gasteiger partial charge in [0, 0.05) is 18.2 Å². The molecule has 2 N–H and O–H groups in total. The van der Waals surface area contributed by atoms with E-state index in [-0.39, 0.29) is 17.3 Å². The van der Waals surface area contributed by atoms with Crippen molar-refractivity contribution in [3.63, 3.8) is 0 Å². The number of anilines is 2. The van der Waals surface area contributed by atoms with Crippen LogP contribution in [0, 0.1) is 5.92 Å². The van der Waals surface area contributed by atoms with E-state index in [0.29, 0.717) is 25.9 Å². The topological polar surface area (TPSA) is 67.4 Å². The maximum atomic E-state index is 13.3. The minimum absolute atomic E-state index is 0.0227. The molecule has 1 unspecified atom stereocenters. The second-order valence-electron chi connectivity index (χ2n) is 6.37. The van der Waals surface area contributed by atoms with Gasteiger partial charge < -0.3 is 15.4 Å². The van der Waals surface area contributed by atoms with Crippen molar-refractivity contribution < 1.29 is 27.5 Å². The maximum Gasteiger partial charge on any atom is 0.418 e. The fourth-order valence-electron chi connectivity index (χ4n) is 2.88. The molecule has 1 saturated heterocycles. The van der Waals surface area contributed by atoms with Crippen molar-refractivity contribution in [2.24, 2.45) is 5.92 Å². The van der Waals surface area contributed by atoms with Crippen LogP contribution in [0.5, 0.6) is 0 Å². The van der Waals surface area contributed by atoms with Crippen molar-refractivity contribution >= 4 is 23.2 Å². The maximum absolute atomic E-state index is 13.3. The first-order valence-corrected chi connectivity index (χ1v) is 8.29. The van der Waals surface area contributed by atoms with E-state index in [1.54, 1.807) is 0 Å². The number of nitrogens with one attached hydrogen (secondary N) is 2. The Morgan fingerprint density at radius 2 is 1.80 bits per heavy atom. The molecule has 2 amide bonds. The minimum Gasteiger partial charge on any atom is -0.368 e. The van der Waals surface area contributed by atoms with Gasteiger partial charge in [0.15, 0.2) is 0 Å². The van der Waals surface area contributed by atoms with Crippen LogP contribution in [0.15, 0.2) is 18.2 Å². The van der Waals surface area contributed by atoms with Crippen LogP contribution in [0.25, 0.3) is 0 Å². The molecule has 0 spiro atoms. The second-order valence-corrected chi connectivity index (χ2v) is 6.37. The van der Waals surface area contributed by atoms with Crippen LogP contribution in [0.4, 0.5) is 24.5 Å². The van der Waals surface area contributed by atoms with Crippen LogP contribution in [-0.2, 0) is 20.5 Å². The standard InChI is InChI=1S/C17H19F3N2O3/c18-17(19,20)12-9-11(21-16(24)14-5-2-8-25-14)6-7-13(12)22-15(23)10-3-1-4-10/h6-7,9-10,14H,1-5,8H2,(H,21,24)(H,22,23). The third-order valence-corrected chi connectivity index (χ3v) is 4.55. The zero-order valence-corrected chi connectivity index (χ0v) is 13.5. The van der Waals surface area contributed by atoms with E-state index < -0.39 is 29.7 Å². The third kappa shape index (κ3) is 4.12. The number of alkyl halides is 3. The van der Waals surface area contributed by atoms with Gasteiger partial charge in [-0.3, -0.25) is 9.59 Å². The van der Waals surface area contributed by atoms with Crippen LogP contribution in [-0.4, -0.2) is 24.5 Å². The lowest BCUT2D eigenvalue weighted by Gasteiger charge is -2.25. The Balaban J connectivity index is 1.77. The van der Waals surface area contributed by atoms with Crippen molar-refractivity contribution in [3.8, 4) is 0 Å². The first-order valence-electron chi connectivity index (χ1n) is 8.29. The molecule has 3 rings (SSSR count). The van der Waals surface area contributed by atoms with Gasteiger partial charge in [-0.1, -0.05) is 6.42 Å². The summed E-state index contributed by atoms with van der Waals surface area (Å²) in [4.78, 5) is 23.9. The largest absolute Gasteiger partial charge is 0.418 e. The molecule has 1 heterocycles. The molecule has 25 heavy (non-hydrogen) atoms. The number of carbonyl (C=O) groups is 2. The Hall–Kier alpha value is -2.09. The van der Waals surface area contributed by atoms with E-state index in [1.807, 2.05) is 0 Å². The van der Waals surface area contributed by atoms with Crippen molar-refractivity contribution in [1.82, 2.24) is 0 Å². The average Bonchev–Trinajstić information content (AvgIpc) is 3.00. The molecular formula is C17H19F3N2O3. The van der Waals surface area contributed by atoms with Gasteiger partial charge in [0.1, 0.15) is 6.10 Å². The van der Waals surface area contributed by atoms with Crippen molar-refractivity contribution in [2.45, 2.75) is 44.4 Å². The van der Waals surface area contributed by atoms with E-state index in [4.69, 9.17) is 4.74 Å². The summed E-state index contributed by atoms with van der Waals surface area (Å²) < 4.78 is 45.2. The molecule has 1 aromatic carbocycles. The molecule has 5 nitrogen and oxygen atoms in total. The van der Waals surface area contributed by atoms with Gasteiger partial charge in [-0.15, -0.1) is 0 Å². The molecule has 1 aliphatic carbocycles. The summed E-state index contributed by atoms with van der Waals surface area (Å²) in [6, 6.07) is 3.35. The summed E-state index contributed by atoms with van der Waals surface area (Å²) in [5.41, 5.74) is -1.25. The molecule has 2 fully saturated rings. The van der Waals surface area contributed by atoms with Crippen LogP contribution < -0.4 is 10.6 Å². The second kappa shape index (κ2) is 7.03. The van der Waals surface area contributed by atoms with E-state index >= 15 is 0 Å². The number of hydrogen-bond acceptors (Lipinski definition) is 3.